The van der Waals surface area contributed by atoms with Crippen LogP contribution in [-0.4, -0.2) is 46.4 Å². The summed E-state index contributed by atoms with van der Waals surface area (Å²) >= 11 is 1.63. The summed E-state index contributed by atoms with van der Waals surface area (Å²) in [5.41, 5.74) is 2.57. The van der Waals surface area contributed by atoms with Crippen molar-refractivity contribution in [2.75, 3.05) is 13.1 Å². The van der Waals surface area contributed by atoms with Gasteiger partial charge in [-0.1, -0.05) is 51.1 Å². The number of allylic oxidation sites excluding steroid dienone is 1. The van der Waals surface area contributed by atoms with E-state index in [9.17, 15) is 9.90 Å². The van der Waals surface area contributed by atoms with E-state index in [0.717, 1.165) is 32.4 Å². The molecule has 2 heterocycles. The molecule has 3 aliphatic rings. The van der Waals surface area contributed by atoms with Crippen molar-refractivity contribution in [3.05, 3.63) is 46.9 Å². The van der Waals surface area contributed by atoms with E-state index in [2.05, 4.69) is 66.7 Å². The second-order valence-corrected chi connectivity index (χ2v) is 9.69. The molecule has 7 atom stereocenters. The van der Waals surface area contributed by atoms with Crippen LogP contribution in [0.4, 0.5) is 0 Å². The number of carbonyl (C=O) groups is 1. The first-order valence-corrected chi connectivity index (χ1v) is 12.2. The summed E-state index contributed by atoms with van der Waals surface area (Å²) in [6.07, 6.45) is 4.57. The second kappa shape index (κ2) is 8.83. The number of rotatable bonds is 6. The zero-order valence-corrected chi connectivity index (χ0v) is 18.6. The number of thioether (sulfide) groups is 1. The van der Waals surface area contributed by atoms with Gasteiger partial charge in [-0.25, -0.2) is 0 Å². The number of hydrogen-bond acceptors (Lipinski definition) is 4. The zero-order chi connectivity index (χ0) is 20.5. The van der Waals surface area contributed by atoms with E-state index >= 15 is 0 Å². The molecule has 158 valence electrons. The SMILES string of the molecule is CCC(c1ccc(C2C(O)CCC3NC(=O)C4SC=CC4C32)cc1)N(CC)CC. The van der Waals surface area contributed by atoms with E-state index in [0.29, 0.717) is 6.04 Å². The molecule has 0 radical (unpaired) electrons. The summed E-state index contributed by atoms with van der Waals surface area (Å²) in [6.45, 7) is 8.80. The summed E-state index contributed by atoms with van der Waals surface area (Å²) in [7, 11) is 0. The molecule has 7 unspecified atom stereocenters. The lowest BCUT2D eigenvalue weighted by Gasteiger charge is -2.48. The molecule has 29 heavy (non-hydrogen) atoms. The molecular formula is C24H34N2O2S. The molecule has 1 saturated carbocycles. The number of nitrogens with zero attached hydrogens (tertiary/aromatic N) is 1. The van der Waals surface area contributed by atoms with Crippen molar-refractivity contribution in [1.82, 2.24) is 10.2 Å². The van der Waals surface area contributed by atoms with Gasteiger partial charge in [0.1, 0.15) is 0 Å². The number of benzene rings is 1. The number of hydrogen-bond donors (Lipinski definition) is 2. The first kappa shape index (κ1) is 21.0. The number of piperidine rings is 1. The molecule has 1 aliphatic carbocycles. The smallest absolute Gasteiger partial charge is 0.234 e. The van der Waals surface area contributed by atoms with Gasteiger partial charge in [-0.2, -0.15) is 0 Å². The van der Waals surface area contributed by atoms with Gasteiger partial charge in [-0.15, -0.1) is 11.8 Å². The Kier molecular flexibility index (Phi) is 6.38. The van der Waals surface area contributed by atoms with Crippen LogP contribution in [0.15, 0.2) is 35.7 Å². The lowest BCUT2D eigenvalue weighted by Crippen LogP contribution is -2.59. The van der Waals surface area contributed by atoms with Crippen molar-refractivity contribution in [2.24, 2.45) is 11.8 Å². The van der Waals surface area contributed by atoms with Crippen molar-refractivity contribution in [3.63, 3.8) is 0 Å². The van der Waals surface area contributed by atoms with E-state index in [4.69, 9.17) is 0 Å². The fourth-order valence-electron chi connectivity index (χ4n) is 5.90. The normalized spacial score (nSPS) is 34.6. The third-order valence-electron chi connectivity index (χ3n) is 7.32. The minimum atomic E-state index is -0.346. The molecule has 0 bridgehead atoms. The molecule has 4 nitrogen and oxygen atoms in total. The first-order valence-electron chi connectivity index (χ1n) is 11.2. The number of carbonyl (C=O) groups excluding carboxylic acids is 1. The average Bonchev–Trinajstić information content (AvgIpc) is 3.23. The number of nitrogens with one attached hydrogen (secondary N) is 1. The number of aliphatic hydroxyl groups excluding tert-OH is 1. The van der Waals surface area contributed by atoms with E-state index in [1.54, 1.807) is 11.8 Å². The van der Waals surface area contributed by atoms with Crippen molar-refractivity contribution in [2.45, 2.75) is 69.4 Å². The highest BCUT2D eigenvalue weighted by Gasteiger charge is 2.51. The monoisotopic (exact) mass is 414 g/mol. The van der Waals surface area contributed by atoms with Crippen LogP contribution in [0.1, 0.15) is 63.1 Å². The molecule has 1 aromatic rings. The summed E-state index contributed by atoms with van der Waals surface area (Å²) in [5.74, 6) is 0.732. The number of aliphatic hydroxyl groups is 1. The molecule has 2 N–H and O–H groups in total. The van der Waals surface area contributed by atoms with Crippen LogP contribution >= 0.6 is 11.8 Å². The quantitative estimate of drug-likeness (QED) is 0.737. The second-order valence-electron chi connectivity index (χ2n) is 8.64. The topological polar surface area (TPSA) is 52.6 Å². The van der Waals surface area contributed by atoms with Gasteiger partial charge in [-0.05, 0) is 54.8 Å². The maximum Gasteiger partial charge on any atom is 0.234 e. The third kappa shape index (κ3) is 3.77. The van der Waals surface area contributed by atoms with Gasteiger partial charge in [0, 0.05) is 23.9 Å². The van der Waals surface area contributed by atoms with Crippen molar-refractivity contribution in [3.8, 4) is 0 Å². The molecule has 1 saturated heterocycles. The summed E-state index contributed by atoms with van der Waals surface area (Å²) < 4.78 is 0. The van der Waals surface area contributed by atoms with Gasteiger partial charge in [-0.3, -0.25) is 9.69 Å². The van der Waals surface area contributed by atoms with Crippen LogP contribution in [0.2, 0.25) is 0 Å². The summed E-state index contributed by atoms with van der Waals surface area (Å²) in [4.78, 5) is 15.0. The van der Waals surface area contributed by atoms with E-state index in [-0.39, 0.29) is 41.1 Å². The van der Waals surface area contributed by atoms with Gasteiger partial charge < -0.3 is 10.4 Å². The molecule has 2 fully saturated rings. The van der Waals surface area contributed by atoms with Crippen LogP contribution in [-0.2, 0) is 4.79 Å². The van der Waals surface area contributed by atoms with Crippen LogP contribution in [0.3, 0.4) is 0 Å². The highest BCUT2D eigenvalue weighted by Crippen LogP contribution is 2.50. The van der Waals surface area contributed by atoms with Gasteiger partial charge in [0.15, 0.2) is 0 Å². The van der Waals surface area contributed by atoms with E-state index in [1.165, 1.54) is 11.1 Å². The van der Waals surface area contributed by atoms with Gasteiger partial charge in [0.2, 0.25) is 5.91 Å². The predicted molar refractivity (Wildman–Crippen MR) is 120 cm³/mol. The number of amides is 1. The Bertz CT molecular complexity index is 746. The van der Waals surface area contributed by atoms with Crippen molar-refractivity contribution in [1.29, 1.82) is 0 Å². The maximum atomic E-state index is 12.5. The highest BCUT2D eigenvalue weighted by molar-refractivity contribution is 8.03. The molecule has 1 amide bonds. The fourth-order valence-corrected chi connectivity index (χ4v) is 6.99. The molecule has 0 spiro atoms. The van der Waals surface area contributed by atoms with Gasteiger partial charge >= 0.3 is 0 Å². The third-order valence-corrected chi connectivity index (χ3v) is 8.46. The molecule has 4 rings (SSSR count). The summed E-state index contributed by atoms with van der Waals surface area (Å²) in [5, 5.41) is 16.3. The maximum absolute atomic E-state index is 12.5. The molecule has 0 aromatic heterocycles. The van der Waals surface area contributed by atoms with Crippen molar-refractivity contribution < 1.29 is 9.90 Å². The highest BCUT2D eigenvalue weighted by atomic mass is 32.2. The lowest BCUT2D eigenvalue weighted by molar-refractivity contribution is -0.126. The minimum Gasteiger partial charge on any atom is -0.392 e. The minimum absolute atomic E-state index is 0.0320. The van der Waals surface area contributed by atoms with E-state index in [1.807, 2.05) is 0 Å². The fraction of sp³-hybridized carbons (Fsp3) is 0.625. The Balaban J connectivity index is 1.62. The van der Waals surface area contributed by atoms with Crippen LogP contribution in [0, 0.1) is 11.8 Å². The predicted octanol–water partition coefficient (Wildman–Crippen LogP) is 4.08. The number of fused-ring (bicyclic) bond motifs is 3. The largest absolute Gasteiger partial charge is 0.392 e. The van der Waals surface area contributed by atoms with Crippen LogP contribution in [0.25, 0.3) is 0 Å². The standard InChI is InChI=1S/C24H34N2O2S/c1-4-19(26(5-2)6-3)15-7-9-16(10-8-15)21-20(27)12-11-18-22(21)17-13-14-29-23(17)24(28)25-18/h7-10,13-14,17-23,27H,4-6,11-12H2,1-3H3,(H,25,28). The molecule has 2 aliphatic heterocycles. The van der Waals surface area contributed by atoms with Crippen molar-refractivity contribution >= 4 is 17.7 Å². The average molecular weight is 415 g/mol. The van der Waals surface area contributed by atoms with E-state index < -0.39 is 0 Å². The molecular weight excluding hydrogens is 380 g/mol. The molecule has 5 heteroatoms. The Morgan fingerprint density at radius 2 is 1.90 bits per heavy atom. The summed E-state index contributed by atoms with van der Waals surface area (Å²) in [6, 6.07) is 9.59. The first-order chi connectivity index (χ1) is 14.1. The van der Waals surface area contributed by atoms with Gasteiger partial charge in [0.05, 0.1) is 11.4 Å². The Morgan fingerprint density at radius 3 is 2.55 bits per heavy atom. The Labute approximate surface area is 179 Å². The Hall–Kier alpha value is -1.30. The lowest BCUT2D eigenvalue weighted by atomic mass is 9.63. The molecule has 1 aromatic carbocycles. The van der Waals surface area contributed by atoms with Crippen LogP contribution in [0.5, 0.6) is 0 Å². The zero-order valence-electron chi connectivity index (χ0n) is 17.8. The Morgan fingerprint density at radius 1 is 1.17 bits per heavy atom. The van der Waals surface area contributed by atoms with Crippen LogP contribution < -0.4 is 5.32 Å². The van der Waals surface area contributed by atoms with Gasteiger partial charge in [0.25, 0.3) is 0 Å².